The predicted molar refractivity (Wildman–Crippen MR) is 74.3 cm³/mol. The maximum atomic E-state index is 11.8. The van der Waals surface area contributed by atoms with Crippen molar-refractivity contribution in [3.63, 3.8) is 0 Å². The molecule has 0 saturated carbocycles. The quantitative estimate of drug-likeness (QED) is 0.345. The lowest BCUT2D eigenvalue weighted by atomic mass is 10.1. The molecule has 0 aromatic heterocycles. The summed E-state index contributed by atoms with van der Waals surface area (Å²) in [6.45, 7) is 4.07. The van der Waals surface area contributed by atoms with E-state index in [-0.39, 0.29) is 12.4 Å². The van der Waals surface area contributed by atoms with E-state index in [0.717, 1.165) is 0 Å². The number of nitrogens with zero attached hydrogens (tertiary/aromatic N) is 1. The zero-order valence-electron chi connectivity index (χ0n) is 11.0. The smallest absolute Gasteiger partial charge is 0.234 e. The van der Waals surface area contributed by atoms with Crippen LogP contribution in [-0.2, 0) is 14.8 Å². The van der Waals surface area contributed by atoms with E-state index in [1.54, 1.807) is 38.1 Å². The molecule has 2 N–H and O–H groups in total. The largest absolute Gasteiger partial charge is 0.411 e. The van der Waals surface area contributed by atoms with Crippen molar-refractivity contribution in [2.45, 2.75) is 13.8 Å². The highest BCUT2D eigenvalue weighted by atomic mass is 32.2. The lowest BCUT2D eigenvalue weighted by Gasteiger charge is -2.09. The Morgan fingerprint density at radius 2 is 2.21 bits per heavy atom. The number of anilines is 1. The Bertz CT molecular complexity index is 540. The van der Waals surface area contributed by atoms with Gasteiger partial charge in [-0.1, -0.05) is 17.3 Å². The number of ether oxygens (including phenoxy) is 1. The molecule has 7 heteroatoms. The number of hydrogen-bond acceptors (Lipinski definition) is 5. The first-order valence-electron chi connectivity index (χ1n) is 5.86. The van der Waals surface area contributed by atoms with E-state index in [1.165, 1.54) is 0 Å². The molecule has 0 amide bonds. The summed E-state index contributed by atoms with van der Waals surface area (Å²) in [5, 5.41) is 11.8. The van der Waals surface area contributed by atoms with Gasteiger partial charge in [0, 0.05) is 17.9 Å². The number of hydrogen-bond donors (Lipinski definition) is 2. The van der Waals surface area contributed by atoms with Gasteiger partial charge in [0.15, 0.2) is 0 Å². The number of oxime groups is 1. The second-order valence-corrected chi connectivity index (χ2v) is 5.73. The normalized spacial score (nSPS) is 12.4. The lowest BCUT2D eigenvalue weighted by molar-refractivity contribution is 0.163. The van der Waals surface area contributed by atoms with Crippen molar-refractivity contribution in [3.05, 3.63) is 29.8 Å². The second kappa shape index (κ2) is 7.10. The molecule has 106 valence electrons. The van der Waals surface area contributed by atoms with Crippen LogP contribution < -0.4 is 4.72 Å². The topological polar surface area (TPSA) is 88.0 Å². The molecule has 0 aliphatic heterocycles. The number of nitrogens with one attached hydrogen (secondary N) is 1. The fourth-order valence-corrected chi connectivity index (χ4v) is 2.33. The van der Waals surface area contributed by atoms with Crippen molar-refractivity contribution in [1.29, 1.82) is 0 Å². The minimum atomic E-state index is -3.43. The third kappa shape index (κ3) is 5.27. The van der Waals surface area contributed by atoms with E-state index in [9.17, 15) is 8.42 Å². The molecule has 0 aliphatic carbocycles. The Kier molecular flexibility index (Phi) is 5.78. The van der Waals surface area contributed by atoms with Crippen LogP contribution in [-0.4, -0.2) is 38.3 Å². The molecule has 0 saturated heterocycles. The SMILES string of the molecule is CCOCCS(=O)(=O)Nc1cccc(C(C)=NO)c1. The summed E-state index contributed by atoms with van der Waals surface area (Å²) >= 11 is 0. The second-order valence-electron chi connectivity index (χ2n) is 3.88. The van der Waals surface area contributed by atoms with Crippen LogP contribution in [0.15, 0.2) is 29.4 Å². The summed E-state index contributed by atoms with van der Waals surface area (Å²) in [7, 11) is -3.43. The number of sulfonamides is 1. The van der Waals surface area contributed by atoms with Gasteiger partial charge in [-0.2, -0.15) is 0 Å². The van der Waals surface area contributed by atoms with Gasteiger partial charge >= 0.3 is 0 Å². The van der Waals surface area contributed by atoms with E-state index in [1.807, 2.05) is 0 Å². The predicted octanol–water partition coefficient (Wildman–Crippen LogP) is 1.66. The van der Waals surface area contributed by atoms with Gasteiger partial charge < -0.3 is 9.94 Å². The van der Waals surface area contributed by atoms with Crippen LogP contribution in [0, 0.1) is 0 Å². The fraction of sp³-hybridized carbons (Fsp3) is 0.417. The zero-order valence-corrected chi connectivity index (χ0v) is 11.8. The Hall–Kier alpha value is -1.60. The molecule has 1 aromatic rings. The summed E-state index contributed by atoms with van der Waals surface area (Å²) in [6.07, 6.45) is 0. The van der Waals surface area contributed by atoms with Crippen LogP contribution in [0.2, 0.25) is 0 Å². The maximum Gasteiger partial charge on any atom is 0.234 e. The first-order valence-corrected chi connectivity index (χ1v) is 7.51. The van der Waals surface area contributed by atoms with Gasteiger partial charge in [0.25, 0.3) is 0 Å². The van der Waals surface area contributed by atoms with Crippen molar-refractivity contribution >= 4 is 21.4 Å². The minimum Gasteiger partial charge on any atom is -0.411 e. The van der Waals surface area contributed by atoms with Gasteiger partial charge in [-0.3, -0.25) is 4.72 Å². The van der Waals surface area contributed by atoms with Crippen molar-refractivity contribution < 1.29 is 18.4 Å². The van der Waals surface area contributed by atoms with E-state index >= 15 is 0 Å². The molecule has 19 heavy (non-hydrogen) atoms. The molecule has 0 unspecified atom stereocenters. The number of benzene rings is 1. The van der Waals surface area contributed by atoms with Gasteiger partial charge in [-0.25, -0.2) is 8.42 Å². The first kappa shape index (κ1) is 15.5. The molecular weight excluding hydrogens is 268 g/mol. The van der Waals surface area contributed by atoms with E-state index in [0.29, 0.717) is 23.6 Å². The molecule has 0 radical (unpaired) electrons. The van der Waals surface area contributed by atoms with E-state index in [4.69, 9.17) is 9.94 Å². The number of rotatable bonds is 7. The average Bonchev–Trinajstić information content (AvgIpc) is 2.37. The molecule has 0 bridgehead atoms. The Morgan fingerprint density at radius 1 is 1.47 bits per heavy atom. The standard InChI is InChI=1S/C12H18N2O4S/c1-3-18-7-8-19(16,17)14-12-6-4-5-11(9-12)10(2)13-15/h4-6,9,14-15H,3,7-8H2,1-2H3. The molecular formula is C12H18N2O4S. The zero-order chi connectivity index (χ0) is 14.3. The molecule has 1 aromatic carbocycles. The van der Waals surface area contributed by atoms with Crippen LogP contribution in [0.4, 0.5) is 5.69 Å². The monoisotopic (exact) mass is 286 g/mol. The summed E-state index contributed by atoms with van der Waals surface area (Å²) in [5.41, 5.74) is 1.49. The van der Waals surface area contributed by atoms with Gasteiger partial charge in [-0.05, 0) is 26.0 Å². The highest BCUT2D eigenvalue weighted by molar-refractivity contribution is 7.92. The van der Waals surface area contributed by atoms with Crippen LogP contribution in [0.3, 0.4) is 0 Å². The molecule has 0 heterocycles. The Morgan fingerprint density at radius 3 is 2.84 bits per heavy atom. The lowest BCUT2D eigenvalue weighted by Crippen LogP contribution is -2.20. The third-order valence-corrected chi connectivity index (χ3v) is 3.66. The highest BCUT2D eigenvalue weighted by Gasteiger charge is 2.10. The van der Waals surface area contributed by atoms with Crippen LogP contribution >= 0.6 is 0 Å². The van der Waals surface area contributed by atoms with Gasteiger partial charge in [0.05, 0.1) is 18.1 Å². The average molecular weight is 286 g/mol. The maximum absolute atomic E-state index is 11.8. The van der Waals surface area contributed by atoms with E-state index in [2.05, 4.69) is 9.88 Å². The fourth-order valence-electron chi connectivity index (χ4n) is 1.41. The highest BCUT2D eigenvalue weighted by Crippen LogP contribution is 2.13. The molecule has 0 atom stereocenters. The minimum absolute atomic E-state index is 0.0991. The van der Waals surface area contributed by atoms with Crippen molar-refractivity contribution in [3.8, 4) is 0 Å². The summed E-state index contributed by atoms with van der Waals surface area (Å²) in [5.74, 6) is -0.0991. The molecule has 6 nitrogen and oxygen atoms in total. The van der Waals surface area contributed by atoms with Crippen LogP contribution in [0.5, 0.6) is 0 Å². The third-order valence-electron chi connectivity index (χ3n) is 2.40. The molecule has 0 aliphatic rings. The first-order chi connectivity index (χ1) is 8.98. The summed E-state index contributed by atoms with van der Waals surface area (Å²) < 4.78 is 31.0. The van der Waals surface area contributed by atoms with Crippen molar-refractivity contribution in [1.82, 2.24) is 0 Å². The molecule has 0 spiro atoms. The molecule has 1 rings (SSSR count). The summed E-state index contributed by atoms with van der Waals surface area (Å²) in [6, 6.07) is 6.65. The van der Waals surface area contributed by atoms with Gasteiger partial charge in [-0.15, -0.1) is 0 Å². The summed E-state index contributed by atoms with van der Waals surface area (Å²) in [4.78, 5) is 0. The Labute approximate surface area is 113 Å². The molecule has 0 fully saturated rings. The van der Waals surface area contributed by atoms with Crippen molar-refractivity contribution in [2.75, 3.05) is 23.7 Å². The van der Waals surface area contributed by atoms with E-state index < -0.39 is 10.0 Å². The Balaban J connectivity index is 2.77. The van der Waals surface area contributed by atoms with Crippen LogP contribution in [0.1, 0.15) is 19.4 Å². The van der Waals surface area contributed by atoms with Gasteiger partial charge in [0.2, 0.25) is 10.0 Å². The van der Waals surface area contributed by atoms with Crippen molar-refractivity contribution in [2.24, 2.45) is 5.16 Å². The van der Waals surface area contributed by atoms with Gasteiger partial charge in [0.1, 0.15) is 0 Å². The van der Waals surface area contributed by atoms with Crippen LogP contribution in [0.25, 0.3) is 0 Å².